The van der Waals surface area contributed by atoms with E-state index >= 15 is 4.39 Å². The summed E-state index contributed by atoms with van der Waals surface area (Å²) in [6, 6.07) is 12.7. The number of carbonyl (C=O) groups is 2. The van der Waals surface area contributed by atoms with Gasteiger partial charge in [-0.1, -0.05) is 60.9 Å². The fourth-order valence-electron chi connectivity index (χ4n) is 11.7. The Balaban J connectivity index is 0.760. The van der Waals surface area contributed by atoms with E-state index < -0.39 is 70.5 Å². The number of hydrogen-bond donors (Lipinski definition) is 4. The first kappa shape index (κ1) is 55.6. The summed E-state index contributed by atoms with van der Waals surface area (Å²) < 4.78 is 101. The molecule has 1 spiro atoms. The van der Waals surface area contributed by atoms with E-state index in [1.807, 2.05) is 25.7 Å². The molecule has 4 fully saturated rings. The minimum atomic E-state index is -4.89. The number of pyridine rings is 1. The lowest BCUT2D eigenvalue weighted by atomic mass is 9.72. The second kappa shape index (κ2) is 22.1. The molecule has 0 aliphatic carbocycles. The summed E-state index contributed by atoms with van der Waals surface area (Å²) in [7, 11) is 0. The highest BCUT2D eigenvalue weighted by atomic mass is 35.5. The van der Waals surface area contributed by atoms with Gasteiger partial charge < -0.3 is 45.4 Å². The number of β-amino-alcohol motifs (C(OH)–C–C–N with tert-alkyl or cyclic N) is 1. The largest absolute Gasteiger partial charge is 0.462 e. The molecule has 5 N–H and O–H groups in total. The van der Waals surface area contributed by atoms with E-state index in [0.717, 1.165) is 45.1 Å². The van der Waals surface area contributed by atoms with Crippen molar-refractivity contribution in [2.75, 3.05) is 81.0 Å². The van der Waals surface area contributed by atoms with E-state index in [-0.39, 0.29) is 81.7 Å². The Hall–Kier alpha value is -6.75. The van der Waals surface area contributed by atoms with Crippen LogP contribution in [0.5, 0.6) is 6.01 Å². The molecule has 420 valence electrons. The highest BCUT2D eigenvalue weighted by Gasteiger charge is 2.48. The van der Waals surface area contributed by atoms with Crippen LogP contribution in [-0.2, 0) is 15.8 Å². The van der Waals surface area contributed by atoms with Gasteiger partial charge in [-0.2, -0.15) is 23.1 Å². The van der Waals surface area contributed by atoms with Gasteiger partial charge in [-0.15, -0.1) is 0 Å². The summed E-state index contributed by atoms with van der Waals surface area (Å²) in [6.07, 6.45) is -4.02. The normalized spacial score (nSPS) is 20.5. The minimum Gasteiger partial charge on any atom is -0.462 e. The monoisotopic (exact) mass is 1120 g/mol. The average Bonchev–Trinajstić information content (AvgIpc) is 4.16. The maximum atomic E-state index is 16.9. The van der Waals surface area contributed by atoms with Crippen LogP contribution in [0.2, 0.25) is 5.02 Å². The van der Waals surface area contributed by atoms with Crippen molar-refractivity contribution in [2.45, 2.75) is 90.2 Å². The first-order chi connectivity index (χ1) is 37.6. The van der Waals surface area contributed by atoms with Crippen molar-refractivity contribution in [1.82, 2.24) is 40.5 Å². The van der Waals surface area contributed by atoms with E-state index in [9.17, 15) is 36.6 Å². The molecule has 0 radical (unpaired) electrons. The minimum absolute atomic E-state index is 0.0164. The number of alkyl halides is 3. The van der Waals surface area contributed by atoms with Crippen LogP contribution in [0.15, 0.2) is 65.2 Å². The molecule has 0 unspecified atom stereocenters. The van der Waals surface area contributed by atoms with Crippen molar-refractivity contribution in [3.63, 3.8) is 0 Å². The lowest BCUT2D eigenvalue weighted by molar-refractivity contribution is -0.141. The molecular formula is C56H62ClF6N11O5. The van der Waals surface area contributed by atoms with Crippen molar-refractivity contribution < 1.29 is 50.3 Å². The maximum absolute atomic E-state index is 16.9. The summed E-state index contributed by atoms with van der Waals surface area (Å²) in [4.78, 5) is 49.1. The van der Waals surface area contributed by atoms with Gasteiger partial charge in [-0.3, -0.25) is 14.5 Å². The first-order valence-electron chi connectivity index (χ1n) is 26.5. The van der Waals surface area contributed by atoms with Gasteiger partial charge in [0.05, 0.1) is 39.6 Å². The molecular weight excluding hydrogens is 1060 g/mol. The lowest BCUT2D eigenvalue weighted by Crippen LogP contribution is -2.60. The smallest absolute Gasteiger partial charge is 0.418 e. The molecule has 4 aliphatic heterocycles. The van der Waals surface area contributed by atoms with Gasteiger partial charge in [0, 0.05) is 75.1 Å². The van der Waals surface area contributed by atoms with Crippen molar-refractivity contribution in [2.24, 2.45) is 11.3 Å². The predicted molar refractivity (Wildman–Crippen MR) is 286 cm³/mol. The quantitative estimate of drug-likeness (QED) is 0.0758. The van der Waals surface area contributed by atoms with Gasteiger partial charge >= 0.3 is 12.2 Å². The number of carbonyl (C=O) groups excluding carboxylic acids is 2. The SMILES string of the molecule is Cc1cc(N)nc(-c2c(Cl)cc3c(N4CCNC[C@@H]4C)nc(OCCN4CCC5(CC4)CN(c4cc([C@H](C(=O)N6C[C@H](O)C[C@H]6C(=O)N[C@@H](C)c6ccc(-c7c(F)cccc7F)cc6)C(C)C)on4)C5)nc3c2F)c1C(F)(F)F. The molecule has 10 rings (SSSR count). The number of benzene rings is 3. The summed E-state index contributed by atoms with van der Waals surface area (Å²) in [5.41, 5.74) is 3.82. The summed E-state index contributed by atoms with van der Waals surface area (Å²) in [6.45, 7) is 14.0. The number of aromatic nitrogens is 4. The molecule has 23 heteroatoms. The fourth-order valence-corrected chi connectivity index (χ4v) is 12.0. The van der Waals surface area contributed by atoms with Crippen LogP contribution in [0.1, 0.15) is 81.4 Å². The number of anilines is 3. The van der Waals surface area contributed by atoms with Crippen LogP contribution < -0.4 is 30.9 Å². The van der Waals surface area contributed by atoms with Gasteiger partial charge in [0.2, 0.25) is 11.8 Å². The Morgan fingerprint density at radius 1 is 0.987 bits per heavy atom. The van der Waals surface area contributed by atoms with Gasteiger partial charge in [0.1, 0.15) is 47.4 Å². The number of nitrogens with zero attached hydrogens (tertiary/aromatic N) is 8. The van der Waals surface area contributed by atoms with Gasteiger partial charge in [-0.25, -0.2) is 18.2 Å². The third-order valence-corrected chi connectivity index (χ3v) is 16.2. The number of piperidine rings is 1. The molecule has 7 heterocycles. The van der Waals surface area contributed by atoms with Crippen LogP contribution in [0, 0.1) is 35.7 Å². The molecule has 79 heavy (non-hydrogen) atoms. The topological polar surface area (TPSA) is 191 Å². The fraction of sp³-hybridized carbons (Fsp3) is 0.464. The molecule has 0 saturated carbocycles. The van der Waals surface area contributed by atoms with E-state index in [2.05, 4.69) is 35.6 Å². The van der Waals surface area contributed by atoms with E-state index in [1.54, 1.807) is 37.3 Å². The Kier molecular flexibility index (Phi) is 15.5. The highest BCUT2D eigenvalue weighted by Crippen LogP contribution is 2.46. The maximum Gasteiger partial charge on any atom is 0.418 e. The second-order valence-electron chi connectivity index (χ2n) is 21.8. The van der Waals surface area contributed by atoms with Gasteiger partial charge in [0.15, 0.2) is 17.4 Å². The number of nitrogen functional groups attached to an aromatic ring is 1. The number of aliphatic hydroxyl groups excluding tert-OH is 1. The molecule has 4 saturated heterocycles. The molecule has 4 aliphatic rings. The molecule has 3 aromatic heterocycles. The number of rotatable bonds is 14. The third kappa shape index (κ3) is 11.1. The van der Waals surface area contributed by atoms with Crippen molar-refractivity contribution in [1.29, 1.82) is 0 Å². The molecule has 3 aromatic carbocycles. The predicted octanol–water partition coefficient (Wildman–Crippen LogP) is 8.69. The summed E-state index contributed by atoms with van der Waals surface area (Å²) >= 11 is 6.65. The zero-order valence-corrected chi connectivity index (χ0v) is 45.1. The van der Waals surface area contributed by atoms with Crippen molar-refractivity contribution >= 4 is 51.8 Å². The third-order valence-electron chi connectivity index (χ3n) is 15.9. The number of ether oxygens (including phenoxy) is 1. The molecule has 6 aromatic rings. The Bertz CT molecular complexity index is 3240. The zero-order valence-electron chi connectivity index (χ0n) is 44.3. The first-order valence-corrected chi connectivity index (χ1v) is 26.9. The van der Waals surface area contributed by atoms with Crippen LogP contribution in [-0.4, -0.2) is 131 Å². The number of fused-ring (bicyclic) bond motifs is 1. The average molecular weight is 1120 g/mol. The van der Waals surface area contributed by atoms with Crippen LogP contribution in [0.3, 0.4) is 0 Å². The number of nitrogens with one attached hydrogen (secondary N) is 2. The van der Waals surface area contributed by atoms with Crippen molar-refractivity contribution in [3.05, 3.63) is 106 Å². The number of halogens is 7. The van der Waals surface area contributed by atoms with Crippen LogP contribution in [0.4, 0.5) is 43.8 Å². The molecule has 5 atom stereocenters. The number of aliphatic hydroxyl groups is 1. The molecule has 2 amide bonds. The molecule has 16 nitrogen and oxygen atoms in total. The lowest BCUT2D eigenvalue weighted by Gasteiger charge is -2.54. The van der Waals surface area contributed by atoms with Gasteiger partial charge in [-0.05, 0) is 93.6 Å². The Labute approximate surface area is 457 Å². The van der Waals surface area contributed by atoms with Crippen LogP contribution >= 0.6 is 11.6 Å². The zero-order chi connectivity index (χ0) is 56.2. The number of amides is 2. The Morgan fingerprint density at radius 2 is 1.70 bits per heavy atom. The molecule has 0 bridgehead atoms. The van der Waals surface area contributed by atoms with E-state index in [4.69, 9.17) is 31.6 Å². The second-order valence-corrected chi connectivity index (χ2v) is 22.2. The van der Waals surface area contributed by atoms with Gasteiger partial charge in [0.25, 0.3) is 0 Å². The number of hydrogen-bond acceptors (Lipinski definition) is 14. The Morgan fingerprint density at radius 3 is 2.37 bits per heavy atom. The van der Waals surface area contributed by atoms with E-state index in [1.165, 1.54) is 36.1 Å². The summed E-state index contributed by atoms with van der Waals surface area (Å²) in [5, 5.41) is 21.3. The number of likely N-dealkylation sites (tertiary alicyclic amines) is 2. The van der Waals surface area contributed by atoms with Crippen LogP contribution in [0.25, 0.3) is 33.3 Å². The number of piperazine rings is 1. The number of nitrogens with two attached hydrogens (primary N) is 1. The summed E-state index contributed by atoms with van der Waals surface area (Å²) in [5.74, 6) is -3.28. The highest BCUT2D eigenvalue weighted by molar-refractivity contribution is 6.34. The number of aryl methyl sites for hydroxylation is 1. The van der Waals surface area contributed by atoms with E-state index in [0.29, 0.717) is 54.7 Å². The standard InChI is InChI=1S/C56H62ClF6N11O5/c1-29(2)44(53(77)74-26-35(75)22-40(74)52(76)66-32(5)33-9-11-34(12-10-33)45-38(58)7-6-8-39(45)59)41-24-43(70-79-41)72-27-55(28-72)13-16-71(17-14-55)19-20-78-54-68-49-36(51(69-54)73-18-15-65-25-31(73)4)23-37(57)46(48(49)60)50-47(56(61,62)63)30(3)21-42(64)67-50/h6-12,21,23-24,29,31-32,35,40,44,65,75H,13-20,22,25-28H2,1-5H3,(H2,64,67)(H,66,76)/t31-,32-,35+,40-,44+/m0/s1. The van der Waals surface area contributed by atoms with Crippen molar-refractivity contribution in [3.8, 4) is 28.4 Å².